The van der Waals surface area contributed by atoms with Gasteiger partial charge >= 0.3 is 30.0 Å². The van der Waals surface area contributed by atoms with E-state index in [1.54, 1.807) is 48.5 Å². The molecule has 15 heteroatoms. The zero-order chi connectivity index (χ0) is 36.6. The molecule has 49 heavy (non-hydrogen) atoms. The Morgan fingerprint density at radius 3 is 2.35 bits per heavy atom. The summed E-state index contributed by atoms with van der Waals surface area (Å²) in [6, 6.07) is -1.19. The number of rotatable bonds is 6. The SMILES string of the molecule is COC(=O)[C@@]12OC[C@]34C([C@@H](O)[C@@H]1O)[C@@]1(C)CC(=O)C(OC(=O)[C@H](C)NC(=O)OC(C)(C)C)=C(C)[C@@H]1C[C@H]3OC(=O)[C@H](OC(=O)C=C(C)C)[C@@H]24. The molecule has 2 aliphatic heterocycles. The van der Waals surface area contributed by atoms with Gasteiger partial charge in [0.05, 0.1) is 25.7 Å². The van der Waals surface area contributed by atoms with Crippen molar-refractivity contribution in [2.24, 2.45) is 28.6 Å². The third kappa shape index (κ3) is 5.53. The summed E-state index contributed by atoms with van der Waals surface area (Å²) in [4.78, 5) is 79.3. The van der Waals surface area contributed by atoms with E-state index in [2.05, 4.69) is 5.32 Å². The smallest absolute Gasteiger partial charge is 0.408 e. The number of hydrogen-bond donors (Lipinski definition) is 3. The predicted molar refractivity (Wildman–Crippen MR) is 165 cm³/mol. The van der Waals surface area contributed by atoms with Crippen molar-refractivity contribution in [2.75, 3.05) is 13.7 Å². The summed E-state index contributed by atoms with van der Waals surface area (Å²) < 4.78 is 33.6. The first kappa shape index (κ1) is 36.5. The molecule has 5 aliphatic rings. The quantitative estimate of drug-likeness (QED) is 0.204. The number of alkyl carbamates (subject to hydrolysis) is 1. The van der Waals surface area contributed by atoms with Crippen LogP contribution in [0, 0.1) is 28.6 Å². The van der Waals surface area contributed by atoms with Crippen LogP contribution in [0.2, 0.25) is 0 Å². The van der Waals surface area contributed by atoms with Crippen LogP contribution in [0.4, 0.5) is 4.79 Å². The Morgan fingerprint density at radius 1 is 1.10 bits per heavy atom. The van der Waals surface area contributed by atoms with Crippen LogP contribution in [0.3, 0.4) is 0 Å². The van der Waals surface area contributed by atoms with Gasteiger partial charge in [0.25, 0.3) is 0 Å². The first-order valence-corrected chi connectivity index (χ1v) is 16.2. The molecule has 270 valence electrons. The molecule has 1 spiro atoms. The summed E-state index contributed by atoms with van der Waals surface area (Å²) in [6.07, 6.45) is -6.34. The molecule has 2 bridgehead atoms. The van der Waals surface area contributed by atoms with Crippen molar-refractivity contribution in [2.45, 2.75) is 110 Å². The van der Waals surface area contributed by atoms with Gasteiger partial charge in [0.15, 0.2) is 11.5 Å². The third-order valence-electron chi connectivity index (χ3n) is 10.8. The molecule has 11 atom stereocenters. The van der Waals surface area contributed by atoms with Crippen molar-refractivity contribution in [1.29, 1.82) is 0 Å². The largest absolute Gasteiger partial charge is 0.467 e. The lowest BCUT2D eigenvalue weighted by Gasteiger charge is -2.67. The van der Waals surface area contributed by atoms with Crippen molar-refractivity contribution in [3.63, 3.8) is 0 Å². The zero-order valence-corrected chi connectivity index (χ0v) is 29.1. The van der Waals surface area contributed by atoms with E-state index in [4.69, 9.17) is 28.4 Å². The van der Waals surface area contributed by atoms with Crippen molar-refractivity contribution in [1.82, 2.24) is 5.32 Å². The summed E-state index contributed by atoms with van der Waals surface area (Å²) in [5, 5.41) is 26.1. The summed E-state index contributed by atoms with van der Waals surface area (Å²) >= 11 is 0. The lowest BCUT2D eigenvalue weighted by atomic mass is 9.38. The topological polar surface area (TPSA) is 210 Å². The molecule has 2 saturated heterocycles. The summed E-state index contributed by atoms with van der Waals surface area (Å²) in [6.45, 7) is 12.7. The van der Waals surface area contributed by atoms with Crippen LogP contribution in [0.5, 0.6) is 0 Å². The molecule has 5 rings (SSSR count). The lowest BCUT2D eigenvalue weighted by Crippen LogP contribution is -2.79. The number of amides is 1. The second-order valence-electron chi connectivity index (χ2n) is 15.3. The molecule has 0 radical (unpaired) electrons. The minimum atomic E-state index is -2.30. The number of ketones is 1. The van der Waals surface area contributed by atoms with Crippen molar-refractivity contribution < 1.29 is 67.4 Å². The molecule has 1 unspecified atom stereocenters. The van der Waals surface area contributed by atoms with Gasteiger partial charge in [0.1, 0.15) is 23.9 Å². The molecular weight excluding hydrogens is 646 g/mol. The molecule has 15 nitrogen and oxygen atoms in total. The Morgan fingerprint density at radius 2 is 1.76 bits per heavy atom. The fourth-order valence-corrected chi connectivity index (χ4v) is 9.11. The second kappa shape index (κ2) is 12.2. The highest BCUT2D eigenvalue weighted by atomic mass is 16.6. The van der Waals surface area contributed by atoms with Gasteiger partial charge in [-0.1, -0.05) is 12.5 Å². The predicted octanol–water partition coefficient (Wildman–Crippen LogP) is 1.42. The van der Waals surface area contributed by atoms with Crippen molar-refractivity contribution >= 4 is 35.8 Å². The highest BCUT2D eigenvalue weighted by molar-refractivity contribution is 5.99. The number of Topliss-reactive ketones (excluding diaryl/α,β-unsaturated/α-hetero) is 1. The number of esters is 4. The maximum Gasteiger partial charge on any atom is 0.408 e. The molecule has 0 aromatic rings. The van der Waals surface area contributed by atoms with Gasteiger partial charge in [0, 0.05) is 23.8 Å². The molecular formula is C34H45NO14. The fraction of sp³-hybridized carbons (Fsp3) is 0.706. The number of aliphatic hydroxyl groups excluding tert-OH is 2. The number of nitrogens with one attached hydrogen (secondary N) is 1. The van der Waals surface area contributed by atoms with Crippen molar-refractivity contribution in [3.8, 4) is 0 Å². The Bertz CT molecular complexity index is 1540. The van der Waals surface area contributed by atoms with E-state index in [9.17, 15) is 39.0 Å². The number of aliphatic hydroxyl groups is 2. The van der Waals surface area contributed by atoms with Gasteiger partial charge in [-0.2, -0.15) is 0 Å². The number of ether oxygens (including phenoxy) is 6. The first-order valence-electron chi connectivity index (χ1n) is 16.2. The zero-order valence-electron chi connectivity index (χ0n) is 29.1. The second-order valence-corrected chi connectivity index (χ2v) is 15.3. The van der Waals surface area contributed by atoms with E-state index in [1.807, 2.05) is 0 Å². The number of fused-ring (bicyclic) bond motifs is 2. The standard InChI is InChI=1S/C34H45NO14/c1-14(2)10-20(37)47-23-25-33-13-45-34(25,29(42)44-9)26(39)21(38)24(33)32(8)12-18(36)22(15(3)17(32)11-19(33)46-28(23)41)48-27(40)16(4)35-30(43)49-31(5,6)7/h10,16-17,19,21,23-26,38-39H,11-13H2,1-9H3,(H,35,43)/t16-,17-,19+,21+,23+,24?,25+,26-,32-,33+,34-/m0/s1. The lowest BCUT2D eigenvalue weighted by molar-refractivity contribution is -0.290. The number of carbonyl (C=O) groups excluding carboxylic acids is 6. The van der Waals surface area contributed by atoms with Crippen LogP contribution < -0.4 is 5.32 Å². The minimum Gasteiger partial charge on any atom is -0.467 e. The maximum absolute atomic E-state index is 13.9. The van der Waals surface area contributed by atoms with Crippen LogP contribution in [-0.4, -0.2) is 101 Å². The molecule has 3 N–H and O–H groups in total. The Labute approximate surface area is 283 Å². The maximum atomic E-state index is 13.9. The van der Waals surface area contributed by atoms with E-state index in [0.717, 1.165) is 13.2 Å². The highest BCUT2D eigenvalue weighted by Crippen LogP contribution is 2.72. The average Bonchev–Trinajstić information content (AvgIpc) is 3.28. The first-order chi connectivity index (χ1) is 22.6. The molecule has 1 amide bonds. The number of methoxy groups -OCH3 is 1. The van der Waals surface area contributed by atoms with Gasteiger partial charge in [0.2, 0.25) is 11.7 Å². The van der Waals surface area contributed by atoms with E-state index in [-0.39, 0.29) is 25.2 Å². The number of hydrogen-bond acceptors (Lipinski definition) is 14. The summed E-state index contributed by atoms with van der Waals surface area (Å²) in [5.74, 6) is -7.73. The van der Waals surface area contributed by atoms with Gasteiger partial charge in [-0.15, -0.1) is 0 Å². The Hall–Kier alpha value is -3.82. The summed E-state index contributed by atoms with van der Waals surface area (Å²) in [5.41, 5.74) is -4.79. The van der Waals surface area contributed by atoms with E-state index in [0.29, 0.717) is 11.1 Å². The van der Waals surface area contributed by atoms with Gasteiger partial charge in [-0.25, -0.2) is 24.0 Å². The van der Waals surface area contributed by atoms with Crippen LogP contribution in [-0.2, 0) is 52.4 Å². The molecule has 2 heterocycles. The number of carbonyl (C=O) groups is 6. The molecule has 4 fully saturated rings. The van der Waals surface area contributed by atoms with Gasteiger partial charge < -0.3 is 44.0 Å². The molecule has 0 aromatic carbocycles. The van der Waals surface area contributed by atoms with E-state index >= 15 is 0 Å². The number of allylic oxidation sites excluding steroid dienone is 3. The average molecular weight is 692 g/mol. The highest BCUT2D eigenvalue weighted by Gasteiger charge is 2.85. The van der Waals surface area contributed by atoms with E-state index in [1.165, 1.54) is 6.92 Å². The van der Waals surface area contributed by atoms with Gasteiger partial charge in [-0.05, 0) is 71.8 Å². The Kier molecular flexibility index (Phi) is 9.08. The molecule has 3 aliphatic carbocycles. The van der Waals surface area contributed by atoms with Crippen LogP contribution in [0.1, 0.15) is 68.2 Å². The van der Waals surface area contributed by atoms with Gasteiger partial charge in [-0.3, -0.25) is 4.79 Å². The molecule has 0 aromatic heterocycles. The van der Waals surface area contributed by atoms with E-state index < -0.39 is 106 Å². The Balaban J connectivity index is 1.56. The molecule has 2 saturated carbocycles. The third-order valence-corrected chi connectivity index (χ3v) is 10.8. The monoisotopic (exact) mass is 691 g/mol. The minimum absolute atomic E-state index is 0.0547. The van der Waals surface area contributed by atoms with Crippen LogP contribution >= 0.6 is 0 Å². The van der Waals surface area contributed by atoms with Crippen molar-refractivity contribution in [3.05, 3.63) is 23.0 Å². The van der Waals surface area contributed by atoms with Crippen LogP contribution in [0.15, 0.2) is 23.0 Å². The van der Waals surface area contributed by atoms with Crippen LogP contribution in [0.25, 0.3) is 0 Å². The fourth-order valence-electron chi connectivity index (χ4n) is 9.11. The normalized spacial score (nSPS) is 38.2. The summed E-state index contributed by atoms with van der Waals surface area (Å²) in [7, 11) is 1.07.